The summed E-state index contributed by atoms with van der Waals surface area (Å²) in [5.74, 6) is 0.107. The van der Waals surface area contributed by atoms with Crippen molar-refractivity contribution in [3.8, 4) is 0 Å². The number of nitrogens with zero attached hydrogens (tertiary/aromatic N) is 2. The lowest BCUT2D eigenvalue weighted by molar-refractivity contribution is -0.121. The lowest BCUT2D eigenvalue weighted by Crippen LogP contribution is -2.37. The summed E-state index contributed by atoms with van der Waals surface area (Å²) in [4.78, 5) is 13.6. The summed E-state index contributed by atoms with van der Waals surface area (Å²) in [6.07, 6.45) is 3.96. The van der Waals surface area contributed by atoms with E-state index in [9.17, 15) is 13.2 Å². The quantitative estimate of drug-likeness (QED) is 0.636. The van der Waals surface area contributed by atoms with Crippen molar-refractivity contribution in [3.63, 3.8) is 0 Å². The minimum Gasteiger partial charge on any atom is -0.356 e. The van der Waals surface area contributed by atoms with Crippen LogP contribution in [-0.2, 0) is 21.2 Å². The standard InChI is InChI=1S/C19H30N4O3S/c1-3-5-6-18(24)21-12-11-16-7-9-17(10-8-16)27(25,26)23-15-14-22(13-4-2)19(23)20/h7-10,20H,3-6,11-15H2,1-2H3,(H,21,24). The molecule has 1 amide bonds. The van der Waals surface area contributed by atoms with Crippen molar-refractivity contribution in [2.75, 3.05) is 26.2 Å². The Morgan fingerprint density at radius 3 is 2.48 bits per heavy atom. The topological polar surface area (TPSA) is 93.6 Å². The molecule has 0 aliphatic carbocycles. The molecule has 1 heterocycles. The van der Waals surface area contributed by atoms with Gasteiger partial charge in [-0.1, -0.05) is 32.4 Å². The molecule has 0 radical (unpaired) electrons. The van der Waals surface area contributed by atoms with Crippen LogP contribution in [0, 0.1) is 5.41 Å². The highest BCUT2D eigenvalue weighted by molar-refractivity contribution is 7.89. The second-order valence-corrected chi connectivity index (χ2v) is 8.60. The van der Waals surface area contributed by atoms with Crippen LogP contribution in [0.3, 0.4) is 0 Å². The first-order valence-corrected chi connectivity index (χ1v) is 11.1. The number of sulfonamides is 1. The molecule has 1 fully saturated rings. The van der Waals surface area contributed by atoms with E-state index >= 15 is 0 Å². The van der Waals surface area contributed by atoms with Crippen LogP contribution in [0.5, 0.6) is 0 Å². The second kappa shape index (κ2) is 9.73. The van der Waals surface area contributed by atoms with E-state index in [1.165, 1.54) is 4.31 Å². The maximum atomic E-state index is 12.8. The number of guanidine groups is 1. The minimum atomic E-state index is -3.70. The first-order valence-electron chi connectivity index (χ1n) is 9.62. The number of carbonyl (C=O) groups is 1. The van der Waals surface area contributed by atoms with Gasteiger partial charge in [-0.15, -0.1) is 0 Å². The van der Waals surface area contributed by atoms with Gasteiger partial charge < -0.3 is 10.2 Å². The summed E-state index contributed by atoms with van der Waals surface area (Å²) in [6.45, 7) is 6.16. The van der Waals surface area contributed by atoms with Gasteiger partial charge in [0, 0.05) is 26.1 Å². The fourth-order valence-corrected chi connectivity index (χ4v) is 4.43. The minimum absolute atomic E-state index is 0.0516. The zero-order valence-electron chi connectivity index (χ0n) is 16.2. The lowest BCUT2D eigenvalue weighted by atomic mass is 10.1. The molecule has 1 aliphatic rings. The SMILES string of the molecule is CCCCC(=O)NCCc1ccc(S(=O)(=O)N2CCN(CCC)C2=N)cc1. The summed E-state index contributed by atoms with van der Waals surface area (Å²) in [5, 5.41) is 11.0. The number of amides is 1. The van der Waals surface area contributed by atoms with Crippen LogP contribution in [0.2, 0.25) is 0 Å². The summed E-state index contributed by atoms with van der Waals surface area (Å²) < 4.78 is 26.8. The molecule has 2 rings (SSSR count). The molecule has 1 aromatic carbocycles. The van der Waals surface area contributed by atoms with Crippen molar-refractivity contribution in [2.24, 2.45) is 0 Å². The molecule has 7 nitrogen and oxygen atoms in total. The third-order valence-electron chi connectivity index (χ3n) is 4.61. The summed E-state index contributed by atoms with van der Waals surface area (Å²) in [6, 6.07) is 6.71. The van der Waals surface area contributed by atoms with Crippen molar-refractivity contribution >= 4 is 21.9 Å². The maximum absolute atomic E-state index is 12.8. The molecule has 1 aliphatic heterocycles. The average Bonchev–Trinajstić information content (AvgIpc) is 3.02. The Hall–Kier alpha value is -2.09. The molecular formula is C19H30N4O3S. The number of benzene rings is 1. The number of rotatable bonds is 10. The van der Waals surface area contributed by atoms with Crippen molar-refractivity contribution in [1.29, 1.82) is 5.41 Å². The van der Waals surface area contributed by atoms with Gasteiger partial charge >= 0.3 is 0 Å². The fraction of sp³-hybridized carbons (Fsp3) is 0.579. The monoisotopic (exact) mass is 394 g/mol. The van der Waals surface area contributed by atoms with Crippen LogP contribution in [0.15, 0.2) is 29.2 Å². The van der Waals surface area contributed by atoms with Gasteiger partial charge in [-0.25, -0.2) is 12.7 Å². The van der Waals surface area contributed by atoms with E-state index in [1.807, 2.05) is 13.8 Å². The van der Waals surface area contributed by atoms with E-state index in [-0.39, 0.29) is 16.8 Å². The Morgan fingerprint density at radius 2 is 1.85 bits per heavy atom. The van der Waals surface area contributed by atoms with Crippen molar-refractivity contribution in [3.05, 3.63) is 29.8 Å². The molecule has 0 bridgehead atoms. The van der Waals surface area contributed by atoms with Crippen LogP contribution >= 0.6 is 0 Å². The fourth-order valence-electron chi connectivity index (χ4n) is 3.03. The predicted octanol–water partition coefficient (Wildman–Crippen LogP) is 2.19. The second-order valence-electron chi connectivity index (χ2n) is 6.74. The summed E-state index contributed by atoms with van der Waals surface area (Å²) >= 11 is 0. The normalized spacial score (nSPS) is 14.7. The molecule has 8 heteroatoms. The van der Waals surface area contributed by atoms with Crippen LogP contribution < -0.4 is 5.32 Å². The maximum Gasteiger partial charge on any atom is 0.266 e. The molecule has 0 atom stereocenters. The van der Waals surface area contributed by atoms with E-state index in [4.69, 9.17) is 5.41 Å². The Morgan fingerprint density at radius 1 is 1.15 bits per heavy atom. The first kappa shape index (κ1) is 21.2. The van der Waals surface area contributed by atoms with Gasteiger partial charge in [0.2, 0.25) is 11.9 Å². The van der Waals surface area contributed by atoms with Crippen molar-refractivity contribution in [1.82, 2.24) is 14.5 Å². The number of carbonyl (C=O) groups excluding carboxylic acids is 1. The number of unbranched alkanes of at least 4 members (excludes halogenated alkanes) is 1. The van der Waals surface area contributed by atoms with Gasteiger partial charge in [0.1, 0.15) is 0 Å². The van der Waals surface area contributed by atoms with E-state index in [0.29, 0.717) is 39.0 Å². The third-order valence-corrected chi connectivity index (χ3v) is 6.41. The smallest absolute Gasteiger partial charge is 0.266 e. The Balaban J connectivity index is 1.94. The van der Waals surface area contributed by atoms with Gasteiger partial charge in [0.25, 0.3) is 10.0 Å². The lowest BCUT2D eigenvalue weighted by Gasteiger charge is -2.21. The molecule has 2 N–H and O–H groups in total. The molecule has 150 valence electrons. The van der Waals surface area contributed by atoms with Crippen LogP contribution in [-0.4, -0.2) is 55.7 Å². The number of hydrogen-bond acceptors (Lipinski definition) is 4. The highest BCUT2D eigenvalue weighted by Gasteiger charge is 2.34. The largest absolute Gasteiger partial charge is 0.356 e. The summed E-state index contributed by atoms with van der Waals surface area (Å²) in [7, 11) is -3.70. The molecule has 0 spiro atoms. The molecule has 1 aromatic rings. The van der Waals surface area contributed by atoms with Crippen molar-refractivity contribution in [2.45, 2.75) is 50.8 Å². The molecule has 0 unspecified atom stereocenters. The first-order chi connectivity index (χ1) is 12.9. The molecular weight excluding hydrogens is 364 g/mol. The molecule has 0 aromatic heterocycles. The van der Waals surface area contributed by atoms with Crippen LogP contribution in [0.1, 0.15) is 45.1 Å². The highest BCUT2D eigenvalue weighted by atomic mass is 32.2. The molecule has 0 saturated carbocycles. The molecule has 27 heavy (non-hydrogen) atoms. The zero-order chi connectivity index (χ0) is 19.9. The number of hydrogen-bond donors (Lipinski definition) is 2. The number of nitrogens with one attached hydrogen (secondary N) is 2. The van der Waals surface area contributed by atoms with E-state index < -0.39 is 10.0 Å². The Labute approximate surface area is 162 Å². The third kappa shape index (κ3) is 5.45. The van der Waals surface area contributed by atoms with Gasteiger partial charge in [0.15, 0.2) is 0 Å². The highest BCUT2D eigenvalue weighted by Crippen LogP contribution is 2.21. The van der Waals surface area contributed by atoms with Gasteiger partial charge in [0.05, 0.1) is 11.4 Å². The van der Waals surface area contributed by atoms with Gasteiger partial charge in [-0.2, -0.15) is 0 Å². The van der Waals surface area contributed by atoms with Crippen molar-refractivity contribution < 1.29 is 13.2 Å². The Kier molecular flexibility index (Phi) is 7.65. The predicted molar refractivity (Wildman–Crippen MR) is 106 cm³/mol. The van der Waals surface area contributed by atoms with E-state index in [1.54, 1.807) is 29.2 Å². The van der Waals surface area contributed by atoms with Gasteiger partial charge in [-0.05, 0) is 37.0 Å². The zero-order valence-corrected chi connectivity index (χ0v) is 17.0. The van der Waals surface area contributed by atoms with E-state index in [2.05, 4.69) is 5.32 Å². The van der Waals surface area contributed by atoms with Gasteiger partial charge in [-0.3, -0.25) is 10.2 Å². The molecule has 1 saturated heterocycles. The summed E-state index contributed by atoms with van der Waals surface area (Å²) in [5.41, 5.74) is 0.967. The Bertz CT molecular complexity index is 747. The van der Waals surface area contributed by atoms with E-state index in [0.717, 1.165) is 24.8 Å². The van der Waals surface area contributed by atoms with Crippen LogP contribution in [0.4, 0.5) is 0 Å². The van der Waals surface area contributed by atoms with Crippen LogP contribution in [0.25, 0.3) is 0 Å². The average molecular weight is 395 g/mol.